The number of rotatable bonds is 7. The molecule has 3 heteroatoms. The Hall–Kier alpha value is -2.52. The maximum Gasteiger partial charge on any atom is 0.123 e. The number of ether oxygens (including phenoxy) is 1. The van der Waals surface area contributed by atoms with Crippen LogP contribution in [0.2, 0.25) is 0 Å². The van der Waals surface area contributed by atoms with Crippen LogP contribution in [-0.2, 0) is 12.0 Å². The van der Waals surface area contributed by atoms with Crippen LogP contribution in [0.25, 0.3) is 0 Å². The highest BCUT2D eigenvalue weighted by atomic mass is 16.5. The van der Waals surface area contributed by atoms with Crippen LogP contribution in [0.4, 0.5) is 0 Å². The van der Waals surface area contributed by atoms with Gasteiger partial charge in [-0.2, -0.15) is 0 Å². The fraction of sp³-hybridized carbons (Fsp3) is 0.484. The monoisotopic (exact) mass is 458 g/mol. The van der Waals surface area contributed by atoms with Gasteiger partial charge in [-0.3, -0.25) is 0 Å². The van der Waals surface area contributed by atoms with Crippen LogP contribution in [-0.4, -0.2) is 24.6 Å². The molecule has 0 amide bonds. The normalized spacial score (nSPS) is 21.8. The van der Waals surface area contributed by atoms with E-state index in [0.717, 1.165) is 18.8 Å². The molecule has 1 fully saturated rings. The maximum atomic E-state index is 5.75. The van der Waals surface area contributed by atoms with Crippen LogP contribution in [0.5, 0.6) is 5.75 Å². The predicted molar refractivity (Wildman–Crippen MR) is 143 cm³/mol. The van der Waals surface area contributed by atoms with Gasteiger partial charge in [-0.25, -0.2) is 0 Å². The Morgan fingerprint density at radius 2 is 1.79 bits per heavy atom. The molecule has 0 spiro atoms. The van der Waals surface area contributed by atoms with Gasteiger partial charge >= 0.3 is 0 Å². The van der Waals surface area contributed by atoms with Gasteiger partial charge < -0.3 is 15.0 Å². The Bertz CT molecular complexity index is 973. The highest BCUT2D eigenvalue weighted by molar-refractivity contribution is 5.39. The van der Waals surface area contributed by atoms with E-state index in [1.54, 1.807) is 7.11 Å². The van der Waals surface area contributed by atoms with Crippen molar-refractivity contribution >= 4 is 0 Å². The van der Waals surface area contributed by atoms with Crippen molar-refractivity contribution in [3.63, 3.8) is 0 Å². The third-order valence-electron chi connectivity index (χ3n) is 7.52. The minimum Gasteiger partial charge on any atom is -0.496 e. The molecule has 34 heavy (non-hydrogen) atoms. The summed E-state index contributed by atoms with van der Waals surface area (Å²) in [6.07, 6.45) is 15.3. The Balaban J connectivity index is 1.61. The second kappa shape index (κ2) is 11.3. The Morgan fingerprint density at radius 3 is 2.50 bits per heavy atom. The number of nitrogens with one attached hydrogen (secondary N) is 1. The zero-order chi connectivity index (χ0) is 24.0. The Labute approximate surface area is 206 Å². The van der Waals surface area contributed by atoms with Gasteiger partial charge in [0.2, 0.25) is 0 Å². The fourth-order valence-corrected chi connectivity index (χ4v) is 5.62. The van der Waals surface area contributed by atoms with Gasteiger partial charge in [0.05, 0.1) is 13.2 Å². The minimum atomic E-state index is 0.123. The van der Waals surface area contributed by atoms with Gasteiger partial charge in [0, 0.05) is 24.7 Å². The topological polar surface area (TPSA) is 24.5 Å². The van der Waals surface area contributed by atoms with E-state index in [2.05, 4.69) is 104 Å². The zero-order valence-corrected chi connectivity index (χ0v) is 21.5. The molecule has 1 heterocycles. The average molecular weight is 459 g/mol. The second-order valence-corrected chi connectivity index (χ2v) is 10.9. The molecule has 1 aliphatic carbocycles. The number of nitrogens with zero attached hydrogens (tertiary/aromatic N) is 1. The molecule has 2 aliphatic rings. The summed E-state index contributed by atoms with van der Waals surface area (Å²) in [6.45, 7) is 8.64. The first-order chi connectivity index (χ1) is 16.5. The van der Waals surface area contributed by atoms with Gasteiger partial charge in [0.25, 0.3) is 0 Å². The third-order valence-corrected chi connectivity index (χ3v) is 7.52. The van der Waals surface area contributed by atoms with E-state index in [0.29, 0.717) is 18.0 Å². The molecular formula is C31H42N2O. The third kappa shape index (κ3) is 5.93. The van der Waals surface area contributed by atoms with Crippen LogP contribution < -0.4 is 10.1 Å². The SMILES string of the molecule is COc1ccc(C(C)(C)C)cc1CN[C@H]1CCCCC[C@H]1C(c1ccccc1)N1C=CC=CC1. The summed E-state index contributed by atoms with van der Waals surface area (Å²) in [6, 6.07) is 18.7. The number of benzene rings is 2. The van der Waals surface area contributed by atoms with E-state index >= 15 is 0 Å². The number of allylic oxidation sites excluding steroid dienone is 2. The molecule has 182 valence electrons. The maximum absolute atomic E-state index is 5.75. The zero-order valence-electron chi connectivity index (χ0n) is 21.5. The lowest BCUT2D eigenvalue weighted by Gasteiger charge is -2.41. The van der Waals surface area contributed by atoms with E-state index in [4.69, 9.17) is 4.74 Å². The van der Waals surface area contributed by atoms with Crippen molar-refractivity contribution in [3.05, 3.63) is 89.6 Å². The number of hydrogen-bond acceptors (Lipinski definition) is 3. The largest absolute Gasteiger partial charge is 0.496 e. The molecule has 1 unspecified atom stereocenters. The lowest BCUT2D eigenvalue weighted by Crippen LogP contribution is -2.43. The molecule has 0 bridgehead atoms. The lowest BCUT2D eigenvalue weighted by atomic mass is 9.82. The van der Waals surface area contributed by atoms with E-state index < -0.39 is 0 Å². The first kappa shape index (κ1) is 24.6. The molecule has 0 saturated heterocycles. The quantitative estimate of drug-likeness (QED) is 0.446. The van der Waals surface area contributed by atoms with Crippen LogP contribution in [0.3, 0.4) is 0 Å². The molecule has 4 rings (SSSR count). The summed E-state index contributed by atoms with van der Waals surface area (Å²) >= 11 is 0. The molecule has 1 saturated carbocycles. The lowest BCUT2D eigenvalue weighted by molar-refractivity contribution is 0.165. The van der Waals surface area contributed by atoms with Crippen molar-refractivity contribution in [2.75, 3.05) is 13.7 Å². The summed E-state index contributed by atoms with van der Waals surface area (Å²) in [5.74, 6) is 1.53. The summed E-state index contributed by atoms with van der Waals surface area (Å²) in [7, 11) is 1.78. The van der Waals surface area contributed by atoms with Crippen LogP contribution in [0.1, 0.15) is 75.6 Å². The van der Waals surface area contributed by atoms with Crippen molar-refractivity contribution in [2.24, 2.45) is 5.92 Å². The van der Waals surface area contributed by atoms with Gasteiger partial charge in [-0.15, -0.1) is 0 Å². The molecule has 0 radical (unpaired) electrons. The molecule has 3 nitrogen and oxygen atoms in total. The van der Waals surface area contributed by atoms with Gasteiger partial charge in [0.15, 0.2) is 0 Å². The summed E-state index contributed by atoms with van der Waals surface area (Å²) < 4.78 is 5.75. The van der Waals surface area contributed by atoms with E-state index in [1.807, 2.05) is 0 Å². The fourth-order valence-electron chi connectivity index (χ4n) is 5.62. The molecule has 2 aromatic carbocycles. The van der Waals surface area contributed by atoms with Crippen molar-refractivity contribution < 1.29 is 4.74 Å². The first-order valence-corrected chi connectivity index (χ1v) is 13.0. The van der Waals surface area contributed by atoms with Crippen LogP contribution >= 0.6 is 0 Å². The van der Waals surface area contributed by atoms with Gasteiger partial charge in [0.1, 0.15) is 5.75 Å². The average Bonchev–Trinajstić information content (AvgIpc) is 3.09. The van der Waals surface area contributed by atoms with Gasteiger partial charge in [-0.1, -0.05) is 94.7 Å². The number of methoxy groups -OCH3 is 1. The standard InChI is InChI=1S/C31H42N2O/c1-31(2,3)26-18-19-29(34-4)25(22-26)23-32-28-17-11-6-10-16-27(28)30(24-14-8-5-9-15-24)33-20-12-7-13-21-33/h5,7-9,12-15,18-20,22,27-28,30,32H,6,10-11,16-17,21,23H2,1-4H3/t27-,28+,30?/m1/s1. The molecule has 1 aliphatic heterocycles. The van der Waals surface area contributed by atoms with Crippen molar-refractivity contribution in [1.29, 1.82) is 0 Å². The molecule has 1 N–H and O–H groups in total. The minimum absolute atomic E-state index is 0.123. The Kier molecular flexibility index (Phi) is 8.15. The van der Waals surface area contributed by atoms with Crippen LogP contribution in [0, 0.1) is 5.92 Å². The predicted octanol–water partition coefficient (Wildman–Crippen LogP) is 7.16. The van der Waals surface area contributed by atoms with Crippen molar-refractivity contribution in [1.82, 2.24) is 10.2 Å². The highest BCUT2D eigenvalue weighted by Gasteiger charge is 2.34. The summed E-state index contributed by atoms with van der Waals surface area (Å²) in [5, 5.41) is 4.02. The summed E-state index contributed by atoms with van der Waals surface area (Å²) in [4.78, 5) is 2.54. The summed E-state index contributed by atoms with van der Waals surface area (Å²) in [5.41, 5.74) is 4.16. The van der Waals surface area contributed by atoms with E-state index in [-0.39, 0.29) is 5.41 Å². The first-order valence-electron chi connectivity index (χ1n) is 13.0. The van der Waals surface area contributed by atoms with E-state index in [1.165, 1.54) is 48.8 Å². The molecule has 3 atom stereocenters. The number of hydrogen-bond donors (Lipinski definition) is 1. The van der Waals surface area contributed by atoms with Crippen molar-refractivity contribution in [3.8, 4) is 5.75 Å². The Morgan fingerprint density at radius 1 is 1.00 bits per heavy atom. The van der Waals surface area contributed by atoms with Crippen LogP contribution in [0.15, 0.2) is 73.0 Å². The van der Waals surface area contributed by atoms with Crippen molar-refractivity contribution in [2.45, 2.75) is 76.9 Å². The highest BCUT2D eigenvalue weighted by Crippen LogP contribution is 2.39. The second-order valence-electron chi connectivity index (χ2n) is 10.9. The smallest absolute Gasteiger partial charge is 0.123 e. The molecule has 2 aromatic rings. The van der Waals surface area contributed by atoms with E-state index in [9.17, 15) is 0 Å². The molecular weight excluding hydrogens is 416 g/mol. The molecule has 0 aromatic heterocycles. The van der Waals surface area contributed by atoms with Gasteiger partial charge in [-0.05, 0) is 53.6 Å².